The van der Waals surface area contributed by atoms with Crippen LogP contribution in [0.1, 0.15) is 36.4 Å². The van der Waals surface area contributed by atoms with Gasteiger partial charge in [0.25, 0.3) is 0 Å². The lowest BCUT2D eigenvalue weighted by atomic mass is 9.85. The smallest absolute Gasteiger partial charge is 0.226 e. The highest BCUT2D eigenvalue weighted by molar-refractivity contribution is 6.31. The monoisotopic (exact) mass is 436 g/mol. The van der Waals surface area contributed by atoms with Crippen molar-refractivity contribution < 1.29 is 14.3 Å². The normalized spacial score (nSPS) is 17.6. The molecule has 1 aliphatic carbocycles. The highest BCUT2D eigenvalue weighted by Gasteiger charge is 2.36. The number of anilines is 1. The molecule has 5 rings (SSSR count). The molecule has 0 unspecified atom stereocenters. The molecule has 7 nitrogen and oxygen atoms in total. The fourth-order valence-corrected chi connectivity index (χ4v) is 4.34. The SMILES string of the molecule is COc1cc([C@@H]2C3=C(CCCC3=O)Nc3ncnn32)ccc1OCc1ccccc1Cl. The molecule has 0 fully saturated rings. The molecule has 158 valence electrons. The van der Waals surface area contributed by atoms with Crippen LogP contribution < -0.4 is 14.8 Å². The summed E-state index contributed by atoms with van der Waals surface area (Å²) in [6.45, 7) is 0.323. The molecule has 1 aromatic heterocycles. The number of carbonyl (C=O) groups excluding carboxylic acids is 1. The van der Waals surface area contributed by atoms with Gasteiger partial charge in [-0.2, -0.15) is 10.1 Å². The van der Waals surface area contributed by atoms with Crippen LogP contribution in [-0.4, -0.2) is 27.7 Å². The lowest BCUT2D eigenvalue weighted by Crippen LogP contribution is -2.31. The Bertz CT molecular complexity index is 1190. The van der Waals surface area contributed by atoms with Crippen molar-refractivity contribution in [2.24, 2.45) is 0 Å². The topological polar surface area (TPSA) is 78.3 Å². The number of ether oxygens (including phenoxy) is 2. The van der Waals surface area contributed by atoms with Crippen LogP contribution in [0.4, 0.5) is 5.95 Å². The molecule has 0 radical (unpaired) electrons. The molecule has 0 spiro atoms. The average Bonchev–Trinajstić information content (AvgIpc) is 3.25. The van der Waals surface area contributed by atoms with E-state index in [1.807, 2.05) is 42.5 Å². The van der Waals surface area contributed by atoms with Crippen LogP contribution >= 0.6 is 11.6 Å². The second-order valence-electron chi connectivity index (χ2n) is 7.52. The number of nitrogens with zero attached hydrogens (tertiary/aromatic N) is 3. The van der Waals surface area contributed by atoms with E-state index in [9.17, 15) is 4.79 Å². The first-order valence-corrected chi connectivity index (χ1v) is 10.5. The summed E-state index contributed by atoms with van der Waals surface area (Å²) in [5.74, 6) is 1.95. The molecule has 1 atom stereocenters. The zero-order chi connectivity index (χ0) is 21.4. The van der Waals surface area contributed by atoms with Crippen molar-refractivity contribution in [1.29, 1.82) is 0 Å². The second kappa shape index (κ2) is 8.07. The Morgan fingerprint density at radius 1 is 1.19 bits per heavy atom. The van der Waals surface area contributed by atoms with Crippen molar-refractivity contribution in [2.45, 2.75) is 31.9 Å². The molecule has 0 saturated heterocycles. The molecular weight excluding hydrogens is 416 g/mol. The Labute approximate surface area is 184 Å². The quantitative estimate of drug-likeness (QED) is 0.632. The largest absolute Gasteiger partial charge is 0.493 e. The summed E-state index contributed by atoms with van der Waals surface area (Å²) in [5.41, 5.74) is 3.46. The summed E-state index contributed by atoms with van der Waals surface area (Å²) in [5, 5.41) is 8.30. The molecule has 1 aliphatic heterocycles. The average molecular weight is 437 g/mol. The van der Waals surface area contributed by atoms with Gasteiger partial charge in [-0.1, -0.05) is 35.9 Å². The maximum Gasteiger partial charge on any atom is 0.226 e. The van der Waals surface area contributed by atoms with E-state index in [0.717, 1.165) is 35.2 Å². The van der Waals surface area contributed by atoms with E-state index >= 15 is 0 Å². The molecule has 0 saturated carbocycles. The Morgan fingerprint density at radius 2 is 2.06 bits per heavy atom. The number of hydrogen-bond acceptors (Lipinski definition) is 6. The van der Waals surface area contributed by atoms with Gasteiger partial charge in [-0.25, -0.2) is 4.68 Å². The zero-order valence-electron chi connectivity index (χ0n) is 17.0. The van der Waals surface area contributed by atoms with Crippen LogP contribution in [0, 0.1) is 0 Å². The lowest BCUT2D eigenvalue weighted by Gasteiger charge is -2.32. The van der Waals surface area contributed by atoms with Crippen LogP contribution in [0.2, 0.25) is 5.02 Å². The fraction of sp³-hybridized carbons (Fsp3) is 0.261. The van der Waals surface area contributed by atoms with Gasteiger partial charge in [0.05, 0.1) is 7.11 Å². The number of nitrogens with one attached hydrogen (secondary N) is 1. The molecule has 0 amide bonds. The number of allylic oxidation sites excluding steroid dienone is 2. The number of ketones is 1. The third kappa shape index (κ3) is 3.55. The third-order valence-corrected chi connectivity index (χ3v) is 6.02. The highest BCUT2D eigenvalue weighted by Crippen LogP contribution is 2.41. The van der Waals surface area contributed by atoms with Gasteiger partial charge in [0.1, 0.15) is 19.0 Å². The van der Waals surface area contributed by atoms with Gasteiger partial charge in [-0.3, -0.25) is 4.79 Å². The molecule has 31 heavy (non-hydrogen) atoms. The fourth-order valence-electron chi connectivity index (χ4n) is 4.15. The first-order chi connectivity index (χ1) is 15.2. The van der Waals surface area contributed by atoms with Crippen LogP contribution in [-0.2, 0) is 11.4 Å². The zero-order valence-corrected chi connectivity index (χ0v) is 17.7. The number of benzene rings is 2. The number of hydrogen-bond donors (Lipinski definition) is 1. The molecular formula is C23H21ClN4O3. The summed E-state index contributed by atoms with van der Waals surface area (Å²) >= 11 is 6.24. The third-order valence-electron chi connectivity index (χ3n) is 5.65. The van der Waals surface area contributed by atoms with Gasteiger partial charge < -0.3 is 14.8 Å². The first kappa shape index (κ1) is 19.6. The van der Waals surface area contributed by atoms with Crippen molar-refractivity contribution >= 4 is 23.3 Å². The molecule has 0 bridgehead atoms. The van der Waals surface area contributed by atoms with Gasteiger partial charge >= 0.3 is 0 Å². The number of fused-ring (bicyclic) bond motifs is 1. The first-order valence-electron chi connectivity index (χ1n) is 10.1. The van der Waals surface area contributed by atoms with Gasteiger partial charge in [0.15, 0.2) is 17.3 Å². The molecule has 1 N–H and O–H groups in total. The molecule has 8 heteroatoms. The van der Waals surface area contributed by atoms with E-state index in [2.05, 4.69) is 15.4 Å². The van der Waals surface area contributed by atoms with Crippen LogP contribution in [0.5, 0.6) is 11.5 Å². The van der Waals surface area contributed by atoms with Crippen molar-refractivity contribution in [2.75, 3.05) is 12.4 Å². The number of carbonyl (C=O) groups is 1. The maximum atomic E-state index is 12.8. The van der Waals surface area contributed by atoms with E-state index < -0.39 is 0 Å². The molecule has 2 heterocycles. The molecule has 2 aromatic carbocycles. The highest BCUT2D eigenvalue weighted by atomic mass is 35.5. The minimum absolute atomic E-state index is 0.137. The summed E-state index contributed by atoms with van der Waals surface area (Å²) in [4.78, 5) is 17.1. The van der Waals surface area contributed by atoms with E-state index in [0.29, 0.717) is 35.5 Å². The van der Waals surface area contributed by atoms with Crippen molar-refractivity contribution in [1.82, 2.24) is 14.8 Å². The lowest BCUT2D eigenvalue weighted by molar-refractivity contribution is -0.116. The van der Waals surface area contributed by atoms with Gasteiger partial charge in [-0.05, 0) is 36.6 Å². The summed E-state index contributed by atoms with van der Waals surface area (Å²) < 4.78 is 13.3. The predicted molar refractivity (Wildman–Crippen MR) is 116 cm³/mol. The standard InChI is InChI=1S/C23H21ClN4O3/c1-30-20-11-14(9-10-19(20)31-12-15-5-2-3-6-16(15)24)22-21-17(7-4-8-18(21)29)27-23-25-13-26-28(22)23/h2-3,5-6,9-11,13,22H,4,7-8,12H2,1H3,(H,25,26,27)/t22-/m1/s1. The Hall–Kier alpha value is -3.32. The Kier molecular flexibility index (Phi) is 5.11. The van der Waals surface area contributed by atoms with Crippen molar-refractivity contribution in [3.05, 3.63) is 76.2 Å². The number of aromatic nitrogens is 3. The predicted octanol–water partition coefficient (Wildman–Crippen LogP) is 4.54. The number of rotatable bonds is 5. The minimum Gasteiger partial charge on any atom is -0.493 e. The maximum absolute atomic E-state index is 12.8. The molecule has 2 aliphatic rings. The number of methoxy groups -OCH3 is 1. The van der Waals surface area contributed by atoms with E-state index in [4.69, 9.17) is 21.1 Å². The van der Waals surface area contributed by atoms with Crippen LogP contribution in [0.15, 0.2) is 60.1 Å². The van der Waals surface area contributed by atoms with Gasteiger partial charge in [-0.15, -0.1) is 0 Å². The summed E-state index contributed by atoms with van der Waals surface area (Å²) in [6.07, 6.45) is 3.69. The van der Waals surface area contributed by atoms with E-state index in [-0.39, 0.29) is 11.8 Å². The van der Waals surface area contributed by atoms with E-state index in [1.54, 1.807) is 11.8 Å². The Balaban J connectivity index is 1.50. The second-order valence-corrected chi connectivity index (χ2v) is 7.92. The van der Waals surface area contributed by atoms with E-state index in [1.165, 1.54) is 6.33 Å². The number of Topliss-reactive ketones (excluding diaryl/α,β-unsaturated/α-hetero) is 1. The van der Waals surface area contributed by atoms with Crippen LogP contribution in [0.25, 0.3) is 0 Å². The summed E-state index contributed by atoms with van der Waals surface area (Å²) in [6, 6.07) is 12.9. The summed E-state index contributed by atoms with van der Waals surface area (Å²) in [7, 11) is 1.60. The molecule has 3 aromatic rings. The number of halogens is 1. The minimum atomic E-state index is -0.354. The Morgan fingerprint density at radius 3 is 2.90 bits per heavy atom. The van der Waals surface area contributed by atoms with Gasteiger partial charge in [0, 0.05) is 28.3 Å². The van der Waals surface area contributed by atoms with Gasteiger partial charge in [0.2, 0.25) is 5.95 Å². The van der Waals surface area contributed by atoms with Crippen molar-refractivity contribution in [3.8, 4) is 11.5 Å². The van der Waals surface area contributed by atoms with Crippen LogP contribution in [0.3, 0.4) is 0 Å². The van der Waals surface area contributed by atoms with Crippen molar-refractivity contribution in [3.63, 3.8) is 0 Å².